The highest BCUT2D eigenvalue weighted by molar-refractivity contribution is 5.52. The molecule has 1 heterocycles. The summed E-state index contributed by atoms with van der Waals surface area (Å²) in [7, 11) is 1.67. The predicted octanol–water partition coefficient (Wildman–Crippen LogP) is 1.26. The van der Waals surface area contributed by atoms with Crippen molar-refractivity contribution in [3.8, 4) is 0 Å². The Hall–Kier alpha value is -1.14. The molecule has 5 heteroatoms. The van der Waals surface area contributed by atoms with Crippen LogP contribution in [0, 0.1) is 0 Å². The van der Waals surface area contributed by atoms with Gasteiger partial charge in [-0.25, -0.2) is 0 Å². The van der Waals surface area contributed by atoms with Crippen LogP contribution >= 0.6 is 0 Å². The zero-order valence-corrected chi connectivity index (χ0v) is 12.1. The highest BCUT2D eigenvalue weighted by Crippen LogP contribution is 2.26. The fraction of sp³-hybridized carbons (Fsp3) is 0.600. The van der Waals surface area contributed by atoms with E-state index < -0.39 is 0 Å². The Balaban J connectivity index is 1.55. The van der Waals surface area contributed by atoms with Gasteiger partial charge in [0.25, 0.3) is 0 Å². The Morgan fingerprint density at radius 2 is 1.80 bits per heavy atom. The summed E-state index contributed by atoms with van der Waals surface area (Å²) < 4.78 is 15.8. The maximum atomic E-state index is 5.98. The molecule has 1 aliphatic rings. The van der Waals surface area contributed by atoms with E-state index in [1.807, 2.05) is 12.1 Å². The summed E-state index contributed by atoms with van der Waals surface area (Å²) >= 11 is 0. The molecule has 1 aromatic carbocycles. The first-order valence-electron chi connectivity index (χ1n) is 7.04. The van der Waals surface area contributed by atoms with Crippen molar-refractivity contribution in [3.05, 3.63) is 29.3 Å². The number of methoxy groups -OCH3 is 1. The Labute approximate surface area is 120 Å². The standard InChI is InChI=1S/C15H24N2O3/c1-18-7-8-20-10-9-19-6-5-17-11-13-3-2-4-15(16)14(13)12-17/h2-4H,5-12,16H2,1H3. The summed E-state index contributed by atoms with van der Waals surface area (Å²) in [6.45, 7) is 6.05. The van der Waals surface area contributed by atoms with Crippen LogP contribution in [0.4, 0.5) is 5.69 Å². The van der Waals surface area contributed by atoms with Crippen LogP contribution in [0.3, 0.4) is 0 Å². The number of rotatable bonds is 9. The van der Waals surface area contributed by atoms with Gasteiger partial charge in [-0.15, -0.1) is 0 Å². The molecule has 0 amide bonds. The third kappa shape index (κ3) is 4.45. The molecule has 0 fully saturated rings. The smallest absolute Gasteiger partial charge is 0.0701 e. The van der Waals surface area contributed by atoms with Gasteiger partial charge in [-0.3, -0.25) is 4.90 Å². The lowest BCUT2D eigenvalue weighted by atomic mass is 10.1. The molecule has 0 aliphatic carbocycles. The van der Waals surface area contributed by atoms with Crippen LogP contribution in [0.5, 0.6) is 0 Å². The fourth-order valence-electron chi connectivity index (χ4n) is 2.33. The molecule has 1 aliphatic heterocycles. The molecule has 112 valence electrons. The number of anilines is 1. The minimum absolute atomic E-state index is 0.622. The van der Waals surface area contributed by atoms with Crippen LogP contribution in [-0.2, 0) is 27.3 Å². The molecule has 0 spiro atoms. The molecule has 0 aromatic heterocycles. The SMILES string of the molecule is COCCOCCOCCN1Cc2cccc(N)c2C1. The molecule has 0 radical (unpaired) electrons. The topological polar surface area (TPSA) is 57.0 Å². The van der Waals surface area contributed by atoms with E-state index in [9.17, 15) is 0 Å². The van der Waals surface area contributed by atoms with Crippen LogP contribution in [0.2, 0.25) is 0 Å². The van der Waals surface area contributed by atoms with Crippen molar-refractivity contribution < 1.29 is 14.2 Å². The van der Waals surface area contributed by atoms with Crippen LogP contribution in [-0.4, -0.2) is 51.6 Å². The molecule has 2 rings (SSSR count). The highest BCUT2D eigenvalue weighted by Gasteiger charge is 2.19. The predicted molar refractivity (Wildman–Crippen MR) is 78.5 cm³/mol. The molecule has 0 atom stereocenters. The first-order chi connectivity index (χ1) is 9.81. The van der Waals surface area contributed by atoms with E-state index in [4.69, 9.17) is 19.9 Å². The van der Waals surface area contributed by atoms with Gasteiger partial charge in [0, 0.05) is 32.4 Å². The molecule has 5 nitrogen and oxygen atoms in total. The van der Waals surface area contributed by atoms with Gasteiger partial charge in [0.2, 0.25) is 0 Å². The lowest BCUT2D eigenvalue weighted by Crippen LogP contribution is -2.22. The van der Waals surface area contributed by atoms with Crippen molar-refractivity contribution in [2.45, 2.75) is 13.1 Å². The molecule has 1 aromatic rings. The molecule has 0 bridgehead atoms. The van der Waals surface area contributed by atoms with Gasteiger partial charge in [0.1, 0.15) is 0 Å². The number of nitrogens with zero attached hydrogens (tertiary/aromatic N) is 1. The molecule has 2 N–H and O–H groups in total. The van der Waals surface area contributed by atoms with Crippen molar-refractivity contribution in [1.82, 2.24) is 4.90 Å². The number of nitrogen functional groups attached to an aromatic ring is 1. The fourth-order valence-corrected chi connectivity index (χ4v) is 2.33. The van der Waals surface area contributed by atoms with E-state index in [0.717, 1.165) is 31.9 Å². The molecular formula is C15H24N2O3. The van der Waals surface area contributed by atoms with Gasteiger partial charge < -0.3 is 19.9 Å². The molecule has 0 unspecified atom stereocenters. The average molecular weight is 280 g/mol. The van der Waals surface area contributed by atoms with Gasteiger partial charge in [0.15, 0.2) is 0 Å². The maximum Gasteiger partial charge on any atom is 0.0701 e. The molecule has 0 saturated carbocycles. The summed E-state index contributed by atoms with van der Waals surface area (Å²) in [6, 6.07) is 6.14. The van der Waals surface area contributed by atoms with Crippen LogP contribution in [0.1, 0.15) is 11.1 Å². The van der Waals surface area contributed by atoms with E-state index in [-0.39, 0.29) is 0 Å². The zero-order valence-electron chi connectivity index (χ0n) is 12.1. The van der Waals surface area contributed by atoms with E-state index in [1.54, 1.807) is 7.11 Å². The summed E-state index contributed by atoms with van der Waals surface area (Å²) in [5, 5.41) is 0. The van der Waals surface area contributed by atoms with Gasteiger partial charge in [-0.05, 0) is 17.2 Å². The summed E-state index contributed by atoms with van der Waals surface area (Å²) in [5.74, 6) is 0. The zero-order chi connectivity index (χ0) is 14.2. The van der Waals surface area contributed by atoms with Gasteiger partial charge in [-0.2, -0.15) is 0 Å². The molecule has 20 heavy (non-hydrogen) atoms. The number of hydrogen-bond donors (Lipinski definition) is 1. The average Bonchev–Trinajstić information content (AvgIpc) is 2.86. The third-order valence-electron chi connectivity index (χ3n) is 3.44. The number of hydrogen-bond acceptors (Lipinski definition) is 5. The highest BCUT2D eigenvalue weighted by atomic mass is 16.5. The minimum Gasteiger partial charge on any atom is -0.398 e. The second kappa shape index (κ2) is 8.21. The van der Waals surface area contributed by atoms with Crippen LogP contribution < -0.4 is 5.73 Å². The number of ether oxygens (including phenoxy) is 3. The van der Waals surface area contributed by atoms with E-state index in [2.05, 4.69) is 11.0 Å². The second-order valence-electron chi connectivity index (χ2n) is 4.91. The monoisotopic (exact) mass is 280 g/mol. The minimum atomic E-state index is 0.622. The first-order valence-corrected chi connectivity index (χ1v) is 7.04. The summed E-state index contributed by atoms with van der Waals surface area (Å²) in [4.78, 5) is 2.35. The van der Waals surface area contributed by atoms with Crippen molar-refractivity contribution >= 4 is 5.69 Å². The Morgan fingerprint density at radius 3 is 2.55 bits per heavy atom. The molecule has 0 saturated heterocycles. The second-order valence-corrected chi connectivity index (χ2v) is 4.91. The number of nitrogens with two attached hydrogens (primary N) is 1. The Kier molecular flexibility index (Phi) is 6.26. The van der Waals surface area contributed by atoms with E-state index in [1.165, 1.54) is 11.1 Å². The number of benzene rings is 1. The van der Waals surface area contributed by atoms with E-state index in [0.29, 0.717) is 26.4 Å². The first kappa shape index (κ1) is 15.3. The van der Waals surface area contributed by atoms with Crippen molar-refractivity contribution in [3.63, 3.8) is 0 Å². The van der Waals surface area contributed by atoms with Gasteiger partial charge in [-0.1, -0.05) is 12.1 Å². The lowest BCUT2D eigenvalue weighted by molar-refractivity contribution is 0.0192. The van der Waals surface area contributed by atoms with Crippen molar-refractivity contribution in [2.75, 3.05) is 52.4 Å². The van der Waals surface area contributed by atoms with Gasteiger partial charge >= 0.3 is 0 Å². The van der Waals surface area contributed by atoms with Gasteiger partial charge in [0.05, 0.1) is 33.0 Å². The van der Waals surface area contributed by atoms with E-state index >= 15 is 0 Å². The Morgan fingerprint density at radius 1 is 1.05 bits per heavy atom. The third-order valence-corrected chi connectivity index (χ3v) is 3.44. The van der Waals surface area contributed by atoms with Crippen molar-refractivity contribution in [2.24, 2.45) is 0 Å². The largest absolute Gasteiger partial charge is 0.398 e. The normalized spacial score (nSPS) is 14.7. The van der Waals surface area contributed by atoms with Crippen LogP contribution in [0.25, 0.3) is 0 Å². The Bertz CT molecular complexity index is 412. The summed E-state index contributed by atoms with van der Waals surface area (Å²) in [5.41, 5.74) is 9.50. The summed E-state index contributed by atoms with van der Waals surface area (Å²) in [6.07, 6.45) is 0. The number of fused-ring (bicyclic) bond motifs is 1. The van der Waals surface area contributed by atoms with Crippen molar-refractivity contribution in [1.29, 1.82) is 0 Å². The molecular weight excluding hydrogens is 256 g/mol. The lowest BCUT2D eigenvalue weighted by Gasteiger charge is -2.14. The van der Waals surface area contributed by atoms with Crippen LogP contribution in [0.15, 0.2) is 18.2 Å². The maximum absolute atomic E-state index is 5.98. The quantitative estimate of drug-likeness (QED) is 0.545.